The topological polar surface area (TPSA) is 35.3 Å². The fourth-order valence-corrected chi connectivity index (χ4v) is 2.69. The summed E-state index contributed by atoms with van der Waals surface area (Å²) in [6.07, 6.45) is -0.273. The molecule has 3 nitrogen and oxygen atoms in total. The molecule has 1 atom stereocenters. The molecule has 2 aromatic carbocycles. The first kappa shape index (κ1) is 14.9. The summed E-state index contributed by atoms with van der Waals surface area (Å²) in [4.78, 5) is 0. The lowest BCUT2D eigenvalue weighted by Gasteiger charge is -2.10. The number of rotatable bonds is 4. The zero-order valence-electron chi connectivity index (χ0n) is 11.8. The molecule has 0 aliphatic carbocycles. The van der Waals surface area contributed by atoms with Crippen LogP contribution in [0.1, 0.15) is 18.8 Å². The first-order chi connectivity index (χ1) is 10.6. The van der Waals surface area contributed by atoms with Crippen LogP contribution in [-0.4, -0.2) is 5.16 Å². The Morgan fingerprint density at radius 1 is 1.00 bits per heavy atom. The average molecular weight is 334 g/mol. The fraction of sp³-hybridized carbons (Fsp3) is 0.118. The van der Waals surface area contributed by atoms with Gasteiger partial charge in [-0.25, -0.2) is 0 Å². The standard InChI is InChI=1S/C17H13Cl2NO2/c1-11(21-12-6-3-2-4-7-12)16-10-15(20-22-16)17-13(18)8-5-9-14(17)19/h2-11H,1H3. The number of benzene rings is 2. The third kappa shape index (κ3) is 3.11. The van der Waals surface area contributed by atoms with Crippen molar-refractivity contribution in [1.29, 1.82) is 0 Å². The van der Waals surface area contributed by atoms with Gasteiger partial charge in [-0.1, -0.05) is 52.6 Å². The minimum absolute atomic E-state index is 0.273. The lowest BCUT2D eigenvalue weighted by molar-refractivity contribution is 0.182. The first-order valence-electron chi connectivity index (χ1n) is 6.78. The molecule has 3 rings (SSSR count). The Bertz CT molecular complexity index is 751. The zero-order valence-corrected chi connectivity index (χ0v) is 13.3. The molecule has 1 unspecified atom stereocenters. The van der Waals surface area contributed by atoms with Crippen LogP contribution < -0.4 is 4.74 Å². The highest BCUT2D eigenvalue weighted by atomic mass is 35.5. The summed E-state index contributed by atoms with van der Waals surface area (Å²) in [5, 5.41) is 5.11. The SMILES string of the molecule is CC(Oc1ccccc1)c1cc(-c2c(Cl)cccc2Cl)no1. The van der Waals surface area contributed by atoms with Gasteiger partial charge in [-0.2, -0.15) is 0 Å². The van der Waals surface area contributed by atoms with E-state index in [-0.39, 0.29) is 6.10 Å². The average Bonchev–Trinajstić information content (AvgIpc) is 2.98. The zero-order chi connectivity index (χ0) is 15.5. The van der Waals surface area contributed by atoms with Gasteiger partial charge in [0.25, 0.3) is 0 Å². The second kappa shape index (κ2) is 6.42. The van der Waals surface area contributed by atoms with Crippen molar-refractivity contribution in [3.63, 3.8) is 0 Å². The fourth-order valence-electron chi connectivity index (χ4n) is 2.10. The number of halogens is 2. The third-order valence-corrected chi connectivity index (χ3v) is 3.83. The normalized spacial score (nSPS) is 12.1. The van der Waals surface area contributed by atoms with E-state index < -0.39 is 0 Å². The van der Waals surface area contributed by atoms with Crippen LogP contribution in [0.25, 0.3) is 11.3 Å². The van der Waals surface area contributed by atoms with Gasteiger partial charge in [0.1, 0.15) is 11.4 Å². The largest absolute Gasteiger partial charge is 0.483 e. The van der Waals surface area contributed by atoms with E-state index in [0.717, 1.165) is 5.75 Å². The van der Waals surface area contributed by atoms with E-state index in [1.54, 1.807) is 24.3 Å². The van der Waals surface area contributed by atoms with E-state index >= 15 is 0 Å². The van der Waals surface area contributed by atoms with Crippen molar-refractivity contribution in [2.45, 2.75) is 13.0 Å². The van der Waals surface area contributed by atoms with Gasteiger partial charge in [-0.3, -0.25) is 0 Å². The van der Waals surface area contributed by atoms with Crippen molar-refractivity contribution < 1.29 is 9.26 Å². The Labute approximate surface area is 138 Å². The van der Waals surface area contributed by atoms with Crippen molar-refractivity contribution in [2.24, 2.45) is 0 Å². The minimum Gasteiger partial charge on any atom is -0.483 e. The lowest BCUT2D eigenvalue weighted by atomic mass is 10.1. The van der Waals surface area contributed by atoms with Crippen molar-refractivity contribution in [3.05, 3.63) is 70.4 Å². The minimum atomic E-state index is -0.273. The van der Waals surface area contributed by atoms with Crippen LogP contribution in [0, 0.1) is 0 Å². The summed E-state index contributed by atoms with van der Waals surface area (Å²) >= 11 is 12.4. The predicted molar refractivity (Wildman–Crippen MR) is 87.4 cm³/mol. The maximum atomic E-state index is 6.19. The Balaban J connectivity index is 1.85. The Morgan fingerprint density at radius 3 is 2.36 bits per heavy atom. The predicted octanol–water partition coefficient (Wildman–Crippen LogP) is 5.79. The van der Waals surface area contributed by atoms with E-state index in [1.807, 2.05) is 37.3 Å². The molecule has 0 bridgehead atoms. The molecule has 5 heteroatoms. The monoisotopic (exact) mass is 333 g/mol. The van der Waals surface area contributed by atoms with Crippen LogP contribution in [-0.2, 0) is 0 Å². The van der Waals surface area contributed by atoms with Gasteiger partial charge >= 0.3 is 0 Å². The molecule has 0 N–H and O–H groups in total. The smallest absolute Gasteiger partial charge is 0.177 e. The molecule has 0 fully saturated rings. The van der Waals surface area contributed by atoms with E-state index in [9.17, 15) is 0 Å². The molecule has 0 aliphatic heterocycles. The summed E-state index contributed by atoms with van der Waals surface area (Å²) in [5.74, 6) is 1.37. The summed E-state index contributed by atoms with van der Waals surface area (Å²) < 4.78 is 11.2. The highest BCUT2D eigenvalue weighted by molar-refractivity contribution is 6.39. The number of hydrogen-bond donors (Lipinski definition) is 0. The van der Waals surface area contributed by atoms with E-state index in [4.69, 9.17) is 32.5 Å². The Morgan fingerprint density at radius 2 is 1.68 bits per heavy atom. The summed E-state index contributed by atoms with van der Waals surface area (Å²) in [5.41, 5.74) is 1.25. The van der Waals surface area contributed by atoms with Crippen LogP contribution in [0.2, 0.25) is 10.0 Å². The van der Waals surface area contributed by atoms with Crippen LogP contribution in [0.3, 0.4) is 0 Å². The van der Waals surface area contributed by atoms with Gasteiger partial charge in [0.15, 0.2) is 11.9 Å². The molecule has 0 amide bonds. The van der Waals surface area contributed by atoms with Crippen molar-refractivity contribution in [3.8, 4) is 17.0 Å². The number of para-hydroxylation sites is 1. The molecule has 0 spiro atoms. The molecule has 0 radical (unpaired) electrons. The summed E-state index contributed by atoms with van der Waals surface area (Å²) in [6.45, 7) is 1.89. The number of hydrogen-bond acceptors (Lipinski definition) is 3. The third-order valence-electron chi connectivity index (χ3n) is 3.20. The first-order valence-corrected chi connectivity index (χ1v) is 7.53. The van der Waals surface area contributed by atoms with Crippen molar-refractivity contribution in [1.82, 2.24) is 5.16 Å². The molecule has 112 valence electrons. The van der Waals surface area contributed by atoms with Crippen molar-refractivity contribution >= 4 is 23.2 Å². The maximum absolute atomic E-state index is 6.19. The van der Waals surface area contributed by atoms with Gasteiger partial charge in [0.2, 0.25) is 0 Å². The number of nitrogens with zero attached hydrogens (tertiary/aromatic N) is 1. The molecule has 3 aromatic rings. The van der Waals surface area contributed by atoms with Gasteiger partial charge in [0, 0.05) is 11.6 Å². The van der Waals surface area contributed by atoms with Gasteiger partial charge in [0.05, 0.1) is 10.0 Å². The molecular weight excluding hydrogens is 321 g/mol. The molecule has 1 aromatic heterocycles. The molecular formula is C17H13Cl2NO2. The van der Waals surface area contributed by atoms with Gasteiger partial charge in [-0.15, -0.1) is 0 Å². The Kier molecular flexibility index (Phi) is 4.36. The van der Waals surface area contributed by atoms with Gasteiger partial charge < -0.3 is 9.26 Å². The van der Waals surface area contributed by atoms with E-state index in [0.29, 0.717) is 27.1 Å². The molecule has 1 heterocycles. The quantitative estimate of drug-likeness (QED) is 0.606. The lowest BCUT2D eigenvalue weighted by Crippen LogP contribution is -2.01. The van der Waals surface area contributed by atoms with Crippen LogP contribution in [0.5, 0.6) is 5.75 Å². The second-order valence-corrected chi connectivity index (χ2v) is 5.60. The molecule has 0 saturated heterocycles. The second-order valence-electron chi connectivity index (χ2n) is 4.78. The molecule has 0 aliphatic rings. The van der Waals surface area contributed by atoms with Crippen LogP contribution >= 0.6 is 23.2 Å². The van der Waals surface area contributed by atoms with E-state index in [1.165, 1.54) is 0 Å². The molecule has 0 saturated carbocycles. The number of aromatic nitrogens is 1. The van der Waals surface area contributed by atoms with Gasteiger partial charge in [-0.05, 0) is 31.2 Å². The molecule has 22 heavy (non-hydrogen) atoms. The highest BCUT2D eigenvalue weighted by Crippen LogP contribution is 2.35. The van der Waals surface area contributed by atoms with E-state index in [2.05, 4.69) is 5.16 Å². The van der Waals surface area contributed by atoms with Crippen molar-refractivity contribution in [2.75, 3.05) is 0 Å². The highest BCUT2D eigenvalue weighted by Gasteiger charge is 2.18. The maximum Gasteiger partial charge on any atom is 0.177 e. The van der Waals surface area contributed by atoms with Crippen LogP contribution in [0.15, 0.2) is 59.1 Å². The Hall–Kier alpha value is -1.97. The number of ether oxygens (including phenoxy) is 1. The van der Waals surface area contributed by atoms with Crippen LogP contribution in [0.4, 0.5) is 0 Å². The summed E-state index contributed by atoms with van der Waals surface area (Å²) in [6, 6.07) is 16.6. The summed E-state index contributed by atoms with van der Waals surface area (Å²) in [7, 11) is 0.